The van der Waals surface area contributed by atoms with Gasteiger partial charge in [0.05, 0.1) is 18.6 Å². The fourth-order valence-electron chi connectivity index (χ4n) is 7.58. The number of nitrogens with one attached hydrogen (secondary N) is 1. The van der Waals surface area contributed by atoms with Gasteiger partial charge in [-0.25, -0.2) is 4.79 Å². The Labute approximate surface area is 206 Å². The number of thiophene rings is 1. The molecule has 0 spiro atoms. The molecule has 2 unspecified atom stereocenters. The van der Waals surface area contributed by atoms with Crippen molar-refractivity contribution in [2.75, 3.05) is 11.9 Å². The summed E-state index contributed by atoms with van der Waals surface area (Å²) in [5, 5.41) is 3.41. The van der Waals surface area contributed by atoms with Crippen LogP contribution in [0.3, 0.4) is 0 Å². The molecule has 34 heavy (non-hydrogen) atoms. The Morgan fingerprint density at radius 3 is 2.38 bits per heavy atom. The second-order valence-corrected chi connectivity index (χ2v) is 12.6. The normalized spacial score (nSPS) is 32.1. The molecule has 0 aliphatic heterocycles. The van der Waals surface area contributed by atoms with Gasteiger partial charge in [-0.15, -0.1) is 11.3 Å². The van der Waals surface area contributed by atoms with Crippen LogP contribution >= 0.6 is 11.3 Å². The maximum absolute atomic E-state index is 13.0. The summed E-state index contributed by atoms with van der Waals surface area (Å²) in [5.74, 6) is 1.81. The SMILES string of the molecule is CCOC(=O)c1c(NC(=O)C(C)OC(=O)CC23CC4CC(CC(C4)C2)C3)sc2c1CCC(C)C2. The maximum atomic E-state index is 13.0. The number of hydrogen-bond acceptors (Lipinski definition) is 6. The first-order valence-electron chi connectivity index (χ1n) is 13.1. The minimum Gasteiger partial charge on any atom is -0.462 e. The number of ether oxygens (including phenoxy) is 2. The van der Waals surface area contributed by atoms with Crippen molar-refractivity contribution in [2.24, 2.45) is 29.1 Å². The number of esters is 2. The van der Waals surface area contributed by atoms with Gasteiger partial charge < -0.3 is 14.8 Å². The van der Waals surface area contributed by atoms with Gasteiger partial charge in [0.15, 0.2) is 6.10 Å². The van der Waals surface area contributed by atoms with E-state index in [-0.39, 0.29) is 18.0 Å². The first kappa shape index (κ1) is 23.8. The highest BCUT2D eigenvalue weighted by molar-refractivity contribution is 7.17. The number of amides is 1. The van der Waals surface area contributed by atoms with Gasteiger partial charge in [0.2, 0.25) is 0 Å². The first-order valence-corrected chi connectivity index (χ1v) is 13.9. The molecular formula is C27H37NO5S. The fourth-order valence-corrected chi connectivity index (χ4v) is 8.98. The Morgan fingerprint density at radius 1 is 1.12 bits per heavy atom. The van der Waals surface area contributed by atoms with Gasteiger partial charge in [0.25, 0.3) is 5.91 Å². The molecule has 2 atom stereocenters. The zero-order chi connectivity index (χ0) is 24.0. The number of carbonyl (C=O) groups excluding carboxylic acids is 3. The molecule has 1 amide bonds. The molecule has 4 saturated carbocycles. The van der Waals surface area contributed by atoms with Crippen molar-refractivity contribution in [3.63, 3.8) is 0 Å². The minimum atomic E-state index is -0.908. The van der Waals surface area contributed by atoms with Crippen LogP contribution in [-0.4, -0.2) is 30.6 Å². The lowest BCUT2D eigenvalue weighted by molar-refractivity contribution is -0.160. The molecule has 1 heterocycles. The number of fused-ring (bicyclic) bond motifs is 1. The number of carbonyl (C=O) groups is 3. The summed E-state index contributed by atoms with van der Waals surface area (Å²) in [6.45, 7) is 5.89. The van der Waals surface area contributed by atoms with E-state index in [1.807, 2.05) is 0 Å². The highest BCUT2D eigenvalue weighted by Crippen LogP contribution is 2.61. The molecule has 1 N–H and O–H groups in total. The molecule has 6 rings (SSSR count). The zero-order valence-electron chi connectivity index (χ0n) is 20.6. The minimum absolute atomic E-state index is 0.0859. The van der Waals surface area contributed by atoms with Crippen LogP contribution in [0, 0.1) is 29.1 Å². The van der Waals surface area contributed by atoms with E-state index in [0.717, 1.165) is 66.7 Å². The van der Waals surface area contributed by atoms with E-state index in [4.69, 9.17) is 9.47 Å². The zero-order valence-corrected chi connectivity index (χ0v) is 21.4. The predicted octanol–water partition coefficient (Wildman–Crippen LogP) is 5.53. The summed E-state index contributed by atoms with van der Waals surface area (Å²) in [6, 6.07) is 0. The summed E-state index contributed by atoms with van der Waals surface area (Å²) in [4.78, 5) is 39.7. The molecule has 1 aromatic rings. The molecule has 7 heteroatoms. The molecule has 1 aromatic heterocycles. The highest BCUT2D eigenvalue weighted by Gasteiger charge is 2.51. The molecule has 5 aliphatic carbocycles. The summed E-state index contributed by atoms with van der Waals surface area (Å²) in [5.41, 5.74) is 1.57. The standard InChI is InChI=1S/C27H37NO5S/c1-4-32-26(31)23-20-6-5-15(2)7-21(20)34-25(23)28-24(30)16(3)33-22(29)14-27-11-17-8-18(12-27)10-19(9-17)13-27/h15-19H,4-14H2,1-3H3,(H,28,30). The third-order valence-corrected chi connectivity index (χ3v) is 9.76. The van der Waals surface area contributed by atoms with Gasteiger partial charge in [-0.05, 0) is 106 Å². The number of rotatable bonds is 7. The lowest BCUT2D eigenvalue weighted by Gasteiger charge is -2.56. The number of hydrogen-bond donors (Lipinski definition) is 1. The van der Waals surface area contributed by atoms with Crippen LogP contribution in [0.2, 0.25) is 0 Å². The van der Waals surface area contributed by atoms with E-state index < -0.39 is 18.0 Å². The van der Waals surface area contributed by atoms with E-state index >= 15 is 0 Å². The van der Waals surface area contributed by atoms with Crippen molar-refractivity contribution in [2.45, 2.75) is 91.1 Å². The molecule has 0 saturated heterocycles. The molecule has 4 fully saturated rings. The van der Waals surface area contributed by atoms with Crippen LogP contribution in [0.25, 0.3) is 0 Å². The second kappa shape index (κ2) is 9.29. The van der Waals surface area contributed by atoms with Crippen LogP contribution in [0.5, 0.6) is 0 Å². The van der Waals surface area contributed by atoms with Crippen molar-refractivity contribution in [3.8, 4) is 0 Å². The van der Waals surface area contributed by atoms with Crippen molar-refractivity contribution >= 4 is 34.2 Å². The third kappa shape index (κ3) is 4.65. The van der Waals surface area contributed by atoms with E-state index in [1.54, 1.807) is 13.8 Å². The van der Waals surface area contributed by atoms with Crippen LogP contribution < -0.4 is 5.32 Å². The molecule has 4 bridgehead atoms. The lowest BCUT2D eigenvalue weighted by Crippen LogP contribution is -2.47. The largest absolute Gasteiger partial charge is 0.462 e. The molecule has 6 nitrogen and oxygen atoms in total. The van der Waals surface area contributed by atoms with E-state index in [9.17, 15) is 14.4 Å². The van der Waals surface area contributed by atoms with E-state index in [2.05, 4.69) is 12.2 Å². The predicted molar refractivity (Wildman–Crippen MR) is 131 cm³/mol. The Morgan fingerprint density at radius 2 is 1.76 bits per heavy atom. The van der Waals surface area contributed by atoms with Crippen molar-refractivity contribution in [3.05, 3.63) is 16.0 Å². The summed E-state index contributed by atoms with van der Waals surface area (Å²) >= 11 is 1.46. The second-order valence-electron chi connectivity index (χ2n) is 11.5. The monoisotopic (exact) mass is 487 g/mol. The highest BCUT2D eigenvalue weighted by atomic mass is 32.1. The van der Waals surface area contributed by atoms with Crippen molar-refractivity contribution in [1.82, 2.24) is 0 Å². The first-order chi connectivity index (χ1) is 16.2. The van der Waals surface area contributed by atoms with Crippen molar-refractivity contribution < 1.29 is 23.9 Å². The summed E-state index contributed by atoms with van der Waals surface area (Å²) < 4.78 is 10.9. The Bertz CT molecular complexity index is 947. The fraction of sp³-hybridized carbons (Fsp3) is 0.741. The van der Waals surface area contributed by atoms with Gasteiger partial charge in [0.1, 0.15) is 5.00 Å². The Balaban J connectivity index is 1.24. The van der Waals surface area contributed by atoms with Crippen LogP contribution in [-0.2, 0) is 31.9 Å². The van der Waals surface area contributed by atoms with Crippen LogP contribution in [0.15, 0.2) is 0 Å². The summed E-state index contributed by atoms with van der Waals surface area (Å²) in [7, 11) is 0. The lowest BCUT2D eigenvalue weighted by atomic mass is 9.49. The van der Waals surface area contributed by atoms with Crippen LogP contribution in [0.4, 0.5) is 5.00 Å². The van der Waals surface area contributed by atoms with Gasteiger partial charge >= 0.3 is 11.9 Å². The smallest absolute Gasteiger partial charge is 0.341 e. The molecule has 0 aromatic carbocycles. The average molecular weight is 488 g/mol. The quantitative estimate of drug-likeness (QED) is 0.512. The molecular weight excluding hydrogens is 450 g/mol. The molecule has 186 valence electrons. The van der Waals surface area contributed by atoms with Crippen LogP contribution in [0.1, 0.15) is 92.9 Å². The van der Waals surface area contributed by atoms with E-state index in [1.165, 1.54) is 30.6 Å². The number of anilines is 1. The van der Waals surface area contributed by atoms with Gasteiger partial charge in [-0.3, -0.25) is 9.59 Å². The molecule has 5 aliphatic rings. The van der Waals surface area contributed by atoms with Gasteiger partial charge in [-0.2, -0.15) is 0 Å². The maximum Gasteiger partial charge on any atom is 0.341 e. The van der Waals surface area contributed by atoms with Gasteiger partial charge in [-0.1, -0.05) is 6.92 Å². The third-order valence-electron chi connectivity index (χ3n) is 8.59. The van der Waals surface area contributed by atoms with E-state index in [0.29, 0.717) is 22.9 Å². The summed E-state index contributed by atoms with van der Waals surface area (Å²) in [6.07, 6.45) is 9.65. The van der Waals surface area contributed by atoms with Crippen molar-refractivity contribution in [1.29, 1.82) is 0 Å². The topological polar surface area (TPSA) is 81.7 Å². The Kier molecular flexibility index (Phi) is 6.51. The van der Waals surface area contributed by atoms with Gasteiger partial charge in [0, 0.05) is 4.88 Å². The Hall–Kier alpha value is -1.89. The average Bonchev–Trinajstić information content (AvgIpc) is 3.09. The molecule has 0 radical (unpaired) electrons.